The number of carbonyl (C=O) groups excluding carboxylic acids is 1. The summed E-state index contributed by atoms with van der Waals surface area (Å²) in [6.45, 7) is 4.23. The van der Waals surface area contributed by atoms with E-state index in [0.29, 0.717) is 16.6 Å². The van der Waals surface area contributed by atoms with Crippen LogP contribution >= 0.6 is 11.6 Å². The van der Waals surface area contributed by atoms with Crippen molar-refractivity contribution >= 4 is 17.5 Å². The van der Waals surface area contributed by atoms with Gasteiger partial charge in [-0.3, -0.25) is 4.79 Å². The standard InChI is InChI=1S/C18H22ClN3O2/c1-13-10-17(20-22(13)16-5-3-4-15(19)11-16)18(23)21-8-6-14(7-9-21)12-24-2/h3-5,10-11,14H,6-9,12H2,1-2H3. The van der Waals surface area contributed by atoms with Gasteiger partial charge >= 0.3 is 0 Å². The van der Waals surface area contributed by atoms with E-state index in [-0.39, 0.29) is 5.91 Å². The lowest BCUT2D eigenvalue weighted by molar-refractivity contribution is 0.0608. The molecule has 1 saturated heterocycles. The Labute approximate surface area is 147 Å². The molecule has 0 saturated carbocycles. The van der Waals surface area contributed by atoms with Crippen LogP contribution in [0.4, 0.5) is 0 Å². The first-order valence-electron chi connectivity index (χ1n) is 8.19. The minimum atomic E-state index is -0.00487. The summed E-state index contributed by atoms with van der Waals surface area (Å²) in [5.41, 5.74) is 2.26. The van der Waals surface area contributed by atoms with Gasteiger partial charge in [-0.25, -0.2) is 4.68 Å². The van der Waals surface area contributed by atoms with E-state index in [1.807, 2.05) is 42.2 Å². The van der Waals surface area contributed by atoms with Crippen LogP contribution in [0.1, 0.15) is 29.0 Å². The minimum Gasteiger partial charge on any atom is -0.384 e. The van der Waals surface area contributed by atoms with Crippen molar-refractivity contribution in [3.05, 3.63) is 46.7 Å². The third-order valence-corrected chi connectivity index (χ3v) is 4.70. The summed E-state index contributed by atoms with van der Waals surface area (Å²) >= 11 is 6.05. The van der Waals surface area contributed by atoms with Gasteiger partial charge in [-0.05, 0) is 49.9 Å². The molecule has 0 aliphatic carbocycles. The number of hydrogen-bond donors (Lipinski definition) is 0. The van der Waals surface area contributed by atoms with Crippen LogP contribution in [-0.4, -0.2) is 47.4 Å². The van der Waals surface area contributed by atoms with Gasteiger partial charge in [0.2, 0.25) is 0 Å². The first-order chi connectivity index (χ1) is 11.6. The Kier molecular flexibility index (Phi) is 5.21. The normalized spacial score (nSPS) is 15.7. The number of methoxy groups -OCH3 is 1. The third-order valence-electron chi connectivity index (χ3n) is 4.46. The Morgan fingerprint density at radius 3 is 2.75 bits per heavy atom. The van der Waals surface area contributed by atoms with Gasteiger partial charge in [0.1, 0.15) is 0 Å². The Bertz CT molecular complexity index is 721. The van der Waals surface area contributed by atoms with Crippen LogP contribution in [-0.2, 0) is 4.74 Å². The molecule has 6 heteroatoms. The van der Waals surface area contributed by atoms with Gasteiger partial charge in [0.05, 0.1) is 5.69 Å². The van der Waals surface area contributed by atoms with Gasteiger partial charge in [0, 0.05) is 37.5 Å². The number of rotatable bonds is 4. The number of nitrogens with zero attached hydrogens (tertiary/aromatic N) is 3. The van der Waals surface area contributed by atoms with Crippen LogP contribution in [0.2, 0.25) is 5.02 Å². The van der Waals surface area contributed by atoms with Gasteiger partial charge in [-0.1, -0.05) is 17.7 Å². The molecule has 0 atom stereocenters. The molecule has 1 aromatic carbocycles. The predicted octanol–water partition coefficient (Wildman–Crippen LogP) is 3.33. The average molecular weight is 348 g/mol. The first kappa shape index (κ1) is 17.0. The van der Waals surface area contributed by atoms with Crippen molar-refractivity contribution in [2.24, 2.45) is 5.92 Å². The zero-order chi connectivity index (χ0) is 17.1. The maximum atomic E-state index is 12.7. The Hall–Kier alpha value is -1.85. The zero-order valence-electron chi connectivity index (χ0n) is 14.0. The van der Waals surface area contributed by atoms with E-state index < -0.39 is 0 Å². The fourth-order valence-corrected chi connectivity index (χ4v) is 3.33. The molecule has 24 heavy (non-hydrogen) atoms. The highest BCUT2D eigenvalue weighted by Crippen LogP contribution is 2.21. The number of halogens is 1. The predicted molar refractivity (Wildman–Crippen MR) is 93.8 cm³/mol. The van der Waals surface area contributed by atoms with Crippen LogP contribution in [0.15, 0.2) is 30.3 Å². The van der Waals surface area contributed by atoms with Crippen molar-refractivity contribution in [1.29, 1.82) is 0 Å². The van der Waals surface area contributed by atoms with Gasteiger partial charge in [-0.15, -0.1) is 0 Å². The molecular formula is C18H22ClN3O2. The summed E-state index contributed by atoms with van der Waals surface area (Å²) in [6, 6.07) is 9.30. The number of likely N-dealkylation sites (tertiary alicyclic amines) is 1. The van der Waals surface area contributed by atoms with Crippen molar-refractivity contribution < 1.29 is 9.53 Å². The molecule has 128 valence electrons. The molecule has 1 aromatic heterocycles. The summed E-state index contributed by atoms with van der Waals surface area (Å²) in [5, 5.41) is 5.14. The Morgan fingerprint density at radius 1 is 1.33 bits per heavy atom. The van der Waals surface area contributed by atoms with Crippen LogP contribution in [0.25, 0.3) is 5.69 Å². The third kappa shape index (κ3) is 3.62. The molecule has 2 aromatic rings. The number of aromatic nitrogens is 2. The zero-order valence-corrected chi connectivity index (χ0v) is 14.8. The van der Waals surface area contributed by atoms with E-state index in [2.05, 4.69) is 5.10 Å². The average Bonchev–Trinajstić information content (AvgIpc) is 2.97. The molecule has 0 spiro atoms. The molecule has 0 unspecified atom stereocenters. The second-order valence-electron chi connectivity index (χ2n) is 6.25. The van der Waals surface area contributed by atoms with Gasteiger partial charge < -0.3 is 9.64 Å². The van der Waals surface area contributed by atoms with Crippen molar-refractivity contribution in [2.45, 2.75) is 19.8 Å². The van der Waals surface area contributed by atoms with Crippen molar-refractivity contribution in [3.63, 3.8) is 0 Å². The van der Waals surface area contributed by atoms with Crippen LogP contribution in [0, 0.1) is 12.8 Å². The first-order valence-corrected chi connectivity index (χ1v) is 8.57. The second-order valence-corrected chi connectivity index (χ2v) is 6.69. The lowest BCUT2D eigenvalue weighted by Crippen LogP contribution is -2.39. The monoisotopic (exact) mass is 347 g/mol. The molecule has 1 amide bonds. The molecule has 0 bridgehead atoms. The summed E-state index contributed by atoms with van der Waals surface area (Å²) in [4.78, 5) is 14.6. The summed E-state index contributed by atoms with van der Waals surface area (Å²) < 4.78 is 6.97. The highest BCUT2D eigenvalue weighted by atomic mass is 35.5. The van der Waals surface area contributed by atoms with E-state index in [4.69, 9.17) is 16.3 Å². The highest BCUT2D eigenvalue weighted by Gasteiger charge is 2.25. The maximum absolute atomic E-state index is 12.7. The largest absolute Gasteiger partial charge is 0.384 e. The molecular weight excluding hydrogens is 326 g/mol. The fraction of sp³-hybridized carbons (Fsp3) is 0.444. The quantitative estimate of drug-likeness (QED) is 0.852. The molecule has 0 N–H and O–H groups in total. The molecule has 1 fully saturated rings. The number of carbonyl (C=O) groups is 1. The lowest BCUT2D eigenvalue weighted by atomic mass is 9.97. The number of hydrogen-bond acceptors (Lipinski definition) is 3. The molecule has 2 heterocycles. The molecule has 1 aliphatic rings. The Balaban J connectivity index is 1.74. The van der Waals surface area contributed by atoms with Crippen molar-refractivity contribution in [3.8, 4) is 5.69 Å². The van der Waals surface area contributed by atoms with Crippen LogP contribution in [0.3, 0.4) is 0 Å². The van der Waals surface area contributed by atoms with Gasteiger partial charge in [0.15, 0.2) is 5.69 Å². The number of amides is 1. The summed E-state index contributed by atoms with van der Waals surface area (Å²) in [7, 11) is 1.72. The minimum absolute atomic E-state index is 0.00487. The molecule has 1 aliphatic heterocycles. The number of ether oxygens (including phenoxy) is 1. The molecule has 0 radical (unpaired) electrons. The van der Waals surface area contributed by atoms with Crippen LogP contribution < -0.4 is 0 Å². The Morgan fingerprint density at radius 2 is 2.08 bits per heavy atom. The van der Waals surface area contributed by atoms with E-state index in [1.165, 1.54) is 0 Å². The van der Waals surface area contributed by atoms with Gasteiger partial charge in [0.25, 0.3) is 5.91 Å². The van der Waals surface area contributed by atoms with Gasteiger partial charge in [-0.2, -0.15) is 5.10 Å². The van der Waals surface area contributed by atoms with Crippen molar-refractivity contribution in [2.75, 3.05) is 26.8 Å². The smallest absolute Gasteiger partial charge is 0.274 e. The van der Waals surface area contributed by atoms with Crippen LogP contribution in [0.5, 0.6) is 0 Å². The van der Waals surface area contributed by atoms with E-state index in [1.54, 1.807) is 11.8 Å². The number of piperidine rings is 1. The van der Waals surface area contributed by atoms with Crippen molar-refractivity contribution in [1.82, 2.24) is 14.7 Å². The van der Waals surface area contributed by atoms with E-state index >= 15 is 0 Å². The summed E-state index contributed by atoms with van der Waals surface area (Å²) in [6.07, 6.45) is 1.96. The highest BCUT2D eigenvalue weighted by molar-refractivity contribution is 6.30. The lowest BCUT2D eigenvalue weighted by Gasteiger charge is -2.31. The topological polar surface area (TPSA) is 47.4 Å². The number of aryl methyl sites for hydroxylation is 1. The SMILES string of the molecule is COCC1CCN(C(=O)c2cc(C)n(-c3cccc(Cl)c3)n2)CC1. The summed E-state index contributed by atoms with van der Waals surface area (Å²) in [5.74, 6) is 0.541. The number of benzene rings is 1. The maximum Gasteiger partial charge on any atom is 0.274 e. The molecule has 5 nitrogen and oxygen atoms in total. The van der Waals surface area contributed by atoms with E-state index in [9.17, 15) is 4.79 Å². The fourth-order valence-electron chi connectivity index (χ4n) is 3.15. The molecule has 3 rings (SSSR count). The second kappa shape index (κ2) is 7.36. The van der Waals surface area contributed by atoms with E-state index in [0.717, 1.165) is 43.9 Å².